The molecule has 0 spiro atoms. The van der Waals surface area contributed by atoms with Crippen LogP contribution in [-0.4, -0.2) is 73.5 Å². The van der Waals surface area contributed by atoms with Crippen molar-refractivity contribution in [1.82, 2.24) is 9.80 Å². The van der Waals surface area contributed by atoms with E-state index in [1.807, 2.05) is 6.07 Å². The summed E-state index contributed by atoms with van der Waals surface area (Å²) in [5.41, 5.74) is 2.39. The van der Waals surface area contributed by atoms with Gasteiger partial charge in [-0.2, -0.15) is 0 Å². The molecule has 168 valence electrons. The van der Waals surface area contributed by atoms with E-state index in [1.165, 1.54) is 0 Å². The summed E-state index contributed by atoms with van der Waals surface area (Å²) in [6, 6.07) is 12.1. The first kappa shape index (κ1) is 24.3. The van der Waals surface area contributed by atoms with Gasteiger partial charge in [-0.1, -0.05) is 42.5 Å². The van der Waals surface area contributed by atoms with Gasteiger partial charge in [0, 0.05) is 37.3 Å². The minimum atomic E-state index is -1.04. The van der Waals surface area contributed by atoms with Crippen LogP contribution in [-0.2, 0) is 35.9 Å². The highest BCUT2D eigenvalue weighted by Gasteiger charge is 2.17. The van der Waals surface area contributed by atoms with Gasteiger partial charge in [-0.05, 0) is 11.1 Å². The van der Waals surface area contributed by atoms with Crippen LogP contribution in [0.4, 0.5) is 0 Å². The maximum atomic E-state index is 11.3. The Bertz CT molecular complexity index is 888. The minimum Gasteiger partial charge on any atom is -0.507 e. The Morgan fingerprint density at radius 1 is 0.742 bits per heavy atom. The molecule has 0 radical (unpaired) electrons. The highest BCUT2D eigenvalue weighted by atomic mass is 16.4. The van der Waals surface area contributed by atoms with Crippen molar-refractivity contribution in [3.05, 3.63) is 64.7 Å². The van der Waals surface area contributed by atoms with Crippen LogP contribution in [0.25, 0.3) is 0 Å². The number of benzene rings is 2. The van der Waals surface area contributed by atoms with Crippen molar-refractivity contribution in [1.29, 1.82) is 0 Å². The largest absolute Gasteiger partial charge is 0.507 e. The van der Waals surface area contributed by atoms with E-state index in [1.54, 1.807) is 46.2 Å². The number of hydrogen-bond acceptors (Lipinski definition) is 7. The fraction of sp³-hybridized carbons (Fsp3) is 0.364. The number of phenols is 1. The van der Waals surface area contributed by atoms with E-state index in [4.69, 9.17) is 0 Å². The Morgan fingerprint density at radius 3 is 1.87 bits per heavy atom. The number of hydrogen-bond donors (Lipinski definition) is 5. The lowest BCUT2D eigenvalue weighted by atomic mass is 10.1. The Balaban J connectivity index is 2.11. The van der Waals surface area contributed by atoms with Crippen LogP contribution < -0.4 is 0 Å². The molecule has 0 unspecified atom stereocenters. The third-order valence-corrected chi connectivity index (χ3v) is 4.80. The number of aromatic hydroxyl groups is 1. The number of aliphatic carboxylic acids is 2. The zero-order chi connectivity index (χ0) is 22.8. The Labute approximate surface area is 180 Å². The average Bonchev–Trinajstić information content (AvgIpc) is 2.72. The summed E-state index contributed by atoms with van der Waals surface area (Å²) in [5, 5.41) is 47.4. The van der Waals surface area contributed by atoms with E-state index in [0.717, 1.165) is 11.1 Å². The average molecular weight is 432 g/mol. The summed E-state index contributed by atoms with van der Waals surface area (Å²) < 4.78 is 0. The highest BCUT2D eigenvalue weighted by molar-refractivity contribution is 5.69. The highest BCUT2D eigenvalue weighted by Crippen LogP contribution is 2.24. The SMILES string of the molecule is O=C(O)CN(CCN(CC(=O)O)Cc1cccc(CO)c1O)Cc1cccc(CO)c1. The van der Waals surface area contributed by atoms with E-state index in [2.05, 4.69) is 0 Å². The molecule has 2 rings (SSSR count). The molecule has 5 N–H and O–H groups in total. The van der Waals surface area contributed by atoms with Crippen LogP contribution in [0.15, 0.2) is 42.5 Å². The van der Waals surface area contributed by atoms with Crippen molar-refractivity contribution in [2.24, 2.45) is 0 Å². The summed E-state index contributed by atoms with van der Waals surface area (Å²) in [6.45, 7) is 0.0251. The predicted octanol–water partition coefficient (Wildman–Crippen LogP) is 0.850. The fourth-order valence-electron chi connectivity index (χ4n) is 3.32. The van der Waals surface area contributed by atoms with Crippen molar-refractivity contribution < 1.29 is 35.1 Å². The molecule has 0 aliphatic heterocycles. The summed E-state index contributed by atoms with van der Waals surface area (Å²) >= 11 is 0. The molecule has 2 aromatic carbocycles. The van der Waals surface area contributed by atoms with Crippen molar-refractivity contribution in [3.63, 3.8) is 0 Å². The maximum Gasteiger partial charge on any atom is 0.317 e. The lowest BCUT2D eigenvalue weighted by Crippen LogP contribution is -2.39. The summed E-state index contributed by atoms with van der Waals surface area (Å²) in [7, 11) is 0. The molecule has 0 aromatic heterocycles. The molecule has 0 amide bonds. The van der Waals surface area contributed by atoms with Gasteiger partial charge >= 0.3 is 11.9 Å². The van der Waals surface area contributed by atoms with Gasteiger partial charge in [-0.15, -0.1) is 0 Å². The summed E-state index contributed by atoms with van der Waals surface area (Å²) in [6.07, 6.45) is 0. The Kier molecular flexibility index (Phi) is 9.41. The molecule has 2 aromatic rings. The number of para-hydroxylation sites is 1. The van der Waals surface area contributed by atoms with Crippen LogP contribution in [0.5, 0.6) is 5.75 Å². The maximum absolute atomic E-state index is 11.3. The van der Waals surface area contributed by atoms with E-state index in [0.29, 0.717) is 17.7 Å². The van der Waals surface area contributed by atoms with Crippen LogP contribution in [0.3, 0.4) is 0 Å². The van der Waals surface area contributed by atoms with Gasteiger partial charge in [0.25, 0.3) is 0 Å². The number of carboxylic acid groups (broad SMARTS) is 2. The minimum absolute atomic E-state index is 0.0800. The molecule has 31 heavy (non-hydrogen) atoms. The molecule has 0 atom stereocenters. The lowest BCUT2D eigenvalue weighted by Gasteiger charge is -2.26. The molecule has 0 aliphatic carbocycles. The molecule has 0 saturated carbocycles. The topological polar surface area (TPSA) is 142 Å². The van der Waals surface area contributed by atoms with E-state index >= 15 is 0 Å². The molecular formula is C22H28N2O7. The van der Waals surface area contributed by atoms with Gasteiger partial charge in [0.2, 0.25) is 0 Å². The second-order valence-electron chi connectivity index (χ2n) is 7.27. The molecule has 9 nitrogen and oxygen atoms in total. The van der Waals surface area contributed by atoms with Crippen LogP contribution in [0.2, 0.25) is 0 Å². The number of nitrogens with zero attached hydrogens (tertiary/aromatic N) is 2. The molecular weight excluding hydrogens is 404 g/mol. The molecule has 9 heteroatoms. The number of carbonyl (C=O) groups is 2. The van der Waals surface area contributed by atoms with Crippen molar-refractivity contribution in [3.8, 4) is 5.75 Å². The van der Waals surface area contributed by atoms with Crippen LogP contribution >= 0.6 is 0 Å². The fourth-order valence-corrected chi connectivity index (χ4v) is 3.32. The lowest BCUT2D eigenvalue weighted by molar-refractivity contribution is -0.140. The Hall–Kier alpha value is -2.98. The van der Waals surface area contributed by atoms with E-state index in [9.17, 15) is 35.1 Å². The van der Waals surface area contributed by atoms with E-state index < -0.39 is 11.9 Å². The van der Waals surface area contributed by atoms with Gasteiger partial charge < -0.3 is 25.5 Å². The van der Waals surface area contributed by atoms with Gasteiger partial charge in [-0.25, -0.2) is 0 Å². The number of carboxylic acids is 2. The molecule has 0 fully saturated rings. The van der Waals surface area contributed by atoms with Gasteiger partial charge in [0.1, 0.15) is 5.75 Å². The second kappa shape index (κ2) is 12.0. The van der Waals surface area contributed by atoms with Gasteiger partial charge in [0.05, 0.1) is 26.3 Å². The number of aliphatic hydroxyl groups is 2. The third-order valence-electron chi connectivity index (χ3n) is 4.80. The Morgan fingerprint density at radius 2 is 1.29 bits per heavy atom. The number of rotatable bonds is 13. The zero-order valence-electron chi connectivity index (χ0n) is 17.1. The second-order valence-corrected chi connectivity index (χ2v) is 7.27. The van der Waals surface area contributed by atoms with Gasteiger partial charge in [-0.3, -0.25) is 19.4 Å². The molecule has 0 bridgehead atoms. The predicted molar refractivity (Wildman–Crippen MR) is 112 cm³/mol. The van der Waals surface area contributed by atoms with Crippen LogP contribution in [0, 0.1) is 0 Å². The number of aliphatic hydroxyl groups excluding tert-OH is 2. The summed E-state index contributed by atoms with van der Waals surface area (Å²) in [4.78, 5) is 25.9. The normalized spacial score (nSPS) is 11.2. The molecule has 0 aliphatic rings. The smallest absolute Gasteiger partial charge is 0.317 e. The van der Waals surface area contributed by atoms with E-state index in [-0.39, 0.29) is 51.7 Å². The quantitative estimate of drug-likeness (QED) is 0.311. The summed E-state index contributed by atoms with van der Waals surface area (Å²) in [5.74, 6) is -2.13. The third kappa shape index (κ3) is 7.99. The first-order valence-corrected chi connectivity index (χ1v) is 9.80. The molecule has 0 saturated heterocycles. The van der Waals surface area contributed by atoms with Crippen molar-refractivity contribution in [2.45, 2.75) is 26.3 Å². The van der Waals surface area contributed by atoms with Crippen LogP contribution in [0.1, 0.15) is 22.3 Å². The standard InChI is InChI=1S/C22H28N2O7/c25-14-17-4-1-3-16(9-17)10-23(12-20(27)28)7-8-24(13-21(29)30)11-18-5-2-6-19(15-26)22(18)31/h1-6,9,25-26,31H,7-8,10-15H2,(H,27,28)(H,29,30). The first-order valence-electron chi connectivity index (χ1n) is 9.80. The van der Waals surface area contributed by atoms with Gasteiger partial charge in [0.15, 0.2) is 0 Å². The zero-order valence-corrected chi connectivity index (χ0v) is 17.1. The van der Waals surface area contributed by atoms with Crippen molar-refractivity contribution in [2.75, 3.05) is 26.2 Å². The monoisotopic (exact) mass is 432 g/mol. The molecule has 0 heterocycles. The first-order chi connectivity index (χ1) is 14.8. The van der Waals surface area contributed by atoms with Crippen molar-refractivity contribution >= 4 is 11.9 Å².